The second-order valence-corrected chi connectivity index (χ2v) is 5.63. The first-order chi connectivity index (χ1) is 10.9. The van der Waals surface area contributed by atoms with E-state index in [9.17, 15) is 0 Å². The smallest absolute Gasteiger partial charge is 0.0629 e. The van der Waals surface area contributed by atoms with Crippen molar-refractivity contribution >= 4 is 33.8 Å². The average molecular weight is 471 g/mol. The average Bonchev–Trinajstić information content (AvgIpc) is 2.99. The molecule has 0 bridgehead atoms. The summed E-state index contributed by atoms with van der Waals surface area (Å²) in [6.45, 7) is 0. The zero-order chi connectivity index (χ0) is 14.5. The van der Waals surface area contributed by atoms with Crippen molar-refractivity contribution < 1.29 is 20.1 Å². The molecular formula is C21H12IrN-. The molecule has 0 aliphatic heterocycles. The van der Waals surface area contributed by atoms with Gasteiger partial charge in [0.05, 0.1) is 5.52 Å². The SMILES string of the molecule is [Ir].[c-]1c(-c2cc3c4c(cccc4n2)C=C3)ccc2ccccc12. The van der Waals surface area contributed by atoms with E-state index < -0.39 is 0 Å². The summed E-state index contributed by atoms with van der Waals surface area (Å²) in [5, 5.41) is 3.59. The van der Waals surface area contributed by atoms with Gasteiger partial charge in [-0.1, -0.05) is 59.5 Å². The van der Waals surface area contributed by atoms with Gasteiger partial charge in [-0.15, -0.1) is 29.7 Å². The van der Waals surface area contributed by atoms with Crippen LogP contribution in [-0.4, -0.2) is 4.98 Å². The van der Waals surface area contributed by atoms with Crippen LogP contribution in [0.3, 0.4) is 0 Å². The standard InChI is InChI=1S/C21H12N.Ir/c1-2-5-16-12-17(10-8-14(16)4-1)20-13-18-11-9-15-6-3-7-19(22-20)21(15)18;/h1-11,13H;/q-1;. The molecule has 1 aliphatic rings. The number of aromatic nitrogens is 1. The van der Waals surface area contributed by atoms with Crippen LogP contribution in [-0.2, 0) is 20.1 Å². The van der Waals surface area contributed by atoms with Gasteiger partial charge in [-0.2, -0.15) is 0 Å². The van der Waals surface area contributed by atoms with Gasteiger partial charge in [-0.25, -0.2) is 0 Å². The Morgan fingerprint density at radius 1 is 0.783 bits per heavy atom. The first-order valence-electron chi connectivity index (χ1n) is 7.42. The molecule has 111 valence electrons. The molecule has 3 aromatic carbocycles. The van der Waals surface area contributed by atoms with Crippen LogP contribution >= 0.6 is 0 Å². The fourth-order valence-corrected chi connectivity index (χ4v) is 3.20. The number of nitrogens with zero attached hydrogens (tertiary/aromatic N) is 1. The fraction of sp³-hybridized carbons (Fsp3) is 0. The molecular weight excluding hydrogens is 458 g/mol. The monoisotopic (exact) mass is 471 g/mol. The maximum atomic E-state index is 4.84. The van der Waals surface area contributed by atoms with Gasteiger partial charge < -0.3 is 0 Å². The van der Waals surface area contributed by atoms with Crippen molar-refractivity contribution in [3.8, 4) is 11.3 Å². The van der Waals surface area contributed by atoms with E-state index in [1.807, 2.05) is 6.07 Å². The summed E-state index contributed by atoms with van der Waals surface area (Å²) in [5.74, 6) is 0. The molecule has 1 aromatic heterocycles. The van der Waals surface area contributed by atoms with Crippen molar-refractivity contribution in [1.82, 2.24) is 4.98 Å². The fourth-order valence-electron chi connectivity index (χ4n) is 3.20. The maximum Gasteiger partial charge on any atom is 0.0629 e. The summed E-state index contributed by atoms with van der Waals surface area (Å²) in [7, 11) is 0. The van der Waals surface area contributed by atoms with Crippen LogP contribution in [0, 0.1) is 6.07 Å². The minimum absolute atomic E-state index is 0. The second-order valence-electron chi connectivity index (χ2n) is 5.63. The minimum Gasteiger partial charge on any atom is -0.287 e. The summed E-state index contributed by atoms with van der Waals surface area (Å²) in [6.07, 6.45) is 4.33. The van der Waals surface area contributed by atoms with Crippen LogP contribution in [0.2, 0.25) is 0 Å². The molecule has 4 aromatic rings. The van der Waals surface area contributed by atoms with Crippen molar-refractivity contribution in [2.75, 3.05) is 0 Å². The van der Waals surface area contributed by atoms with Gasteiger partial charge in [0.1, 0.15) is 0 Å². The largest absolute Gasteiger partial charge is 0.287 e. The van der Waals surface area contributed by atoms with Crippen LogP contribution in [0.5, 0.6) is 0 Å². The summed E-state index contributed by atoms with van der Waals surface area (Å²) < 4.78 is 0. The van der Waals surface area contributed by atoms with E-state index in [2.05, 4.69) is 72.8 Å². The van der Waals surface area contributed by atoms with E-state index in [0.29, 0.717) is 0 Å². The predicted octanol–water partition coefficient (Wildman–Crippen LogP) is 5.34. The van der Waals surface area contributed by atoms with E-state index in [4.69, 9.17) is 4.98 Å². The Morgan fingerprint density at radius 2 is 1.65 bits per heavy atom. The molecule has 0 saturated heterocycles. The van der Waals surface area contributed by atoms with Crippen molar-refractivity contribution in [3.05, 3.63) is 77.9 Å². The number of benzene rings is 3. The van der Waals surface area contributed by atoms with Crippen LogP contribution in [0.1, 0.15) is 11.1 Å². The normalized spacial score (nSPS) is 11.8. The molecule has 0 unspecified atom stereocenters. The Balaban J connectivity index is 0.00000135. The quantitative estimate of drug-likeness (QED) is 0.302. The van der Waals surface area contributed by atoms with E-state index >= 15 is 0 Å². The number of rotatable bonds is 1. The first kappa shape index (κ1) is 14.3. The van der Waals surface area contributed by atoms with Crippen molar-refractivity contribution in [3.63, 3.8) is 0 Å². The van der Waals surface area contributed by atoms with E-state index in [1.165, 1.54) is 21.9 Å². The van der Waals surface area contributed by atoms with Gasteiger partial charge in [0.2, 0.25) is 0 Å². The Morgan fingerprint density at radius 3 is 2.61 bits per heavy atom. The van der Waals surface area contributed by atoms with Gasteiger partial charge in [0.25, 0.3) is 0 Å². The van der Waals surface area contributed by atoms with E-state index in [-0.39, 0.29) is 20.1 Å². The van der Waals surface area contributed by atoms with Crippen molar-refractivity contribution in [1.29, 1.82) is 0 Å². The zero-order valence-electron chi connectivity index (χ0n) is 12.2. The van der Waals surface area contributed by atoms with E-state index in [1.54, 1.807) is 0 Å². The molecule has 0 amide bonds. The third kappa shape index (κ3) is 2.23. The number of hydrogen-bond donors (Lipinski definition) is 0. The Labute approximate surface area is 148 Å². The summed E-state index contributed by atoms with van der Waals surface area (Å²) in [4.78, 5) is 4.84. The van der Waals surface area contributed by atoms with Crippen molar-refractivity contribution in [2.24, 2.45) is 0 Å². The molecule has 0 atom stereocenters. The minimum atomic E-state index is 0. The molecule has 1 aliphatic carbocycles. The predicted molar refractivity (Wildman–Crippen MR) is 92.4 cm³/mol. The van der Waals surface area contributed by atoms with Crippen LogP contribution < -0.4 is 0 Å². The van der Waals surface area contributed by atoms with Crippen LogP contribution in [0.15, 0.2) is 60.7 Å². The Hall–Kier alpha value is -2.28. The Bertz CT molecular complexity index is 1080. The number of pyridine rings is 1. The molecule has 5 rings (SSSR count). The topological polar surface area (TPSA) is 12.9 Å². The van der Waals surface area contributed by atoms with Gasteiger partial charge in [-0.05, 0) is 17.2 Å². The third-order valence-corrected chi connectivity index (χ3v) is 4.27. The third-order valence-electron chi connectivity index (χ3n) is 4.27. The molecule has 23 heavy (non-hydrogen) atoms. The van der Waals surface area contributed by atoms with E-state index in [0.717, 1.165) is 22.2 Å². The molecule has 0 fully saturated rings. The maximum absolute atomic E-state index is 4.84. The van der Waals surface area contributed by atoms with Gasteiger partial charge >= 0.3 is 0 Å². The molecule has 1 nitrogen and oxygen atoms in total. The molecule has 0 spiro atoms. The van der Waals surface area contributed by atoms with Gasteiger partial charge in [0, 0.05) is 31.2 Å². The summed E-state index contributed by atoms with van der Waals surface area (Å²) in [5.41, 5.74) is 5.59. The molecule has 0 N–H and O–H groups in total. The van der Waals surface area contributed by atoms with Crippen LogP contribution in [0.4, 0.5) is 0 Å². The molecule has 1 heterocycles. The molecule has 1 radical (unpaired) electrons. The number of hydrogen-bond acceptors (Lipinski definition) is 1. The zero-order valence-corrected chi connectivity index (χ0v) is 14.6. The van der Waals surface area contributed by atoms with Gasteiger partial charge in [0.15, 0.2) is 0 Å². The van der Waals surface area contributed by atoms with Crippen molar-refractivity contribution in [2.45, 2.75) is 0 Å². The van der Waals surface area contributed by atoms with Gasteiger partial charge in [-0.3, -0.25) is 4.98 Å². The summed E-state index contributed by atoms with van der Waals surface area (Å²) >= 11 is 0. The first-order valence-corrected chi connectivity index (χ1v) is 7.42. The summed E-state index contributed by atoms with van der Waals surface area (Å²) in [6, 6.07) is 24.5. The molecule has 2 heteroatoms. The number of fused-ring (bicyclic) bond motifs is 1. The van der Waals surface area contributed by atoms with Crippen LogP contribution in [0.25, 0.3) is 45.1 Å². The molecule has 0 saturated carbocycles. The Kier molecular flexibility index (Phi) is 3.37. The second kappa shape index (κ2) is 5.42.